The van der Waals surface area contributed by atoms with Gasteiger partial charge in [0.2, 0.25) is 0 Å². The first-order chi connectivity index (χ1) is 9.61. The Kier molecular flexibility index (Phi) is 5.70. The van der Waals surface area contributed by atoms with Gasteiger partial charge in [-0.1, -0.05) is 13.8 Å². The molecule has 0 unspecified atom stereocenters. The predicted octanol–water partition coefficient (Wildman–Crippen LogP) is 2.73. The van der Waals surface area contributed by atoms with Gasteiger partial charge in [0, 0.05) is 18.5 Å². The van der Waals surface area contributed by atoms with Crippen LogP contribution in [-0.2, 0) is 11.0 Å². The maximum Gasteiger partial charge on any atom is 0.443 e. The first-order valence-electron chi connectivity index (χ1n) is 6.15. The van der Waals surface area contributed by atoms with Crippen molar-refractivity contribution in [2.75, 3.05) is 13.1 Å². The van der Waals surface area contributed by atoms with Crippen molar-refractivity contribution in [3.63, 3.8) is 0 Å². The van der Waals surface area contributed by atoms with Crippen molar-refractivity contribution in [3.8, 4) is 0 Å². The van der Waals surface area contributed by atoms with Crippen molar-refractivity contribution in [1.82, 2.24) is 9.88 Å². The highest BCUT2D eigenvalue weighted by Gasteiger charge is 2.35. The number of halogens is 3. The van der Waals surface area contributed by atoms with Crippen LogP contribution in [0.5, 0.6) is 0 Å². The number of carbonyl (C=O) groups excluding carboxylic acids is 1. The zero-order valence-electron chi connectivity index (χ0n) is 11.5. The topological polar surface area (TPSA) is 70.5 Å². The fraction of sp³-hybridized carbons (Fsp3) is 0.583. The van der Waals surface area contributed by atoms with Crippen LogP contribution in [0.25, 0.3) is 0 Å². The first-order valence-corrected chi connectivity index (χ1v) is 7.03. The van der Waals surface area contributed by atoms with Gasteiger partial charge in [-0.25, -0.2) is 4.98 Å². The summed E-state index contributed by atoms with van der Waals surface area (Å²) in [5.41, 5.74) is -0.307. The van der Waals surface area contributed by atoms with E-state index < -0.39 is 23.1 Å². The summed E-state index contributed by atoms with van der Waals surface area (Å²) in [5, 5.41) is 8.61. The van der Waals surface area contributed by atoms with E-state index in [1.165, 1.54) is 4.90 Å². The summed E-state index contributed by atoms with van der Waals surface area (Å²) >= 11 is 0.346. The van der Waals surface area contributed by atoms with E-state index in [1.807, 2.05) is 13.8 Å². The van der Waals surface area contributed by atoms with Crippen LogP contribution >= 0.6 is 11.3 Å². The highest BCUT2D eigenvalue weighted by molar-refractivity contribution is 7.09. The third-order valence-corrected chi connectivity index (χ3v) is 3.32. The Morgan fingerprint density at radius 2 is 2.05 bits per heavy atom. The van der Waals surface area contributed by atoms with Crippen molar-refractivity contribution in [1.29, 1.82) is 0 Å². The van der Waals surface area contributed by atoms with Crippen LogP contribution in [0.2, 0.25) is 0 Å². The molecule has 0 aliphatic rings. The fourth-order valence-electron chi connectivity index (χ4n) is 1.61. The zero-order valence-corrected chi connectivity index (χ0v) is 12.3. The second-order valence-corrected chi connectivity index (χ2v) is 5.68. The minimum absolute atomic E-state index is 0.0588. The Hall–Kier alpha value is -1.64. The average Bonchev–Trinajstić information content (AvgIpc) is 2.82. The van der Waals surface area contributed by atoms with Crippen LogP contribution in [0.1, 0.15) is 35.8 Å². The van der Waals surface area contributed by atoms with Crippen molar-refractivity contribution < 1.29 is 27.9 Å². The third-order valence-electron chi connectivity index (χ3n) is 2.43. The van der Waals surface area contributed by atoms with Crippen LogP contribution in [-0.4, -0.2) is 40.0 Å². The van der Waals surface area contributed by atoms with E-state index in [4.69, 9.17) is 5.11 Å². The number of hydrogen-bond acceptors (Lipinski definition) is 4. The molecule has 21 heavy (non-hydrogen) atoms. The molecule has 1 rings (SSSR count). The van der Waals surface area contributed by atoms with E-state index in [1.54, 1.807) is 0 Å². The molecule has 0 atom stereocenters. The molecule has 1 N–H and O–H groups in total. The van der Waals surface area contributed by atoms with Crippen molar-refractivity contribution >= 4 is 23.2 Å². The number of aromatic nitrogens is 1. The number of rotatable bonds is 6. The summed E-state index contributed by atoms with van der Waals surface area (Å²) in [5.74, 6) is -1.70. The van der Waals surface area contributed by atoms with Gasteiger partial charge in [0.05, 0.1) is 6.42 Å². The molecule has 9 heteroatoms. The number of thiazole rings is 1. The van der Waals surface area contributed by atoms with E-state index in [-0.39, 0.29) is 31.1 Å². The molecule has 5 nitrogen and oxygen atoms in total. The summed E-state index contributed by atoms with van der Waals surface area (Å²) in [4.78, 5) is 27.2. The smallest absolute Gasteiger partial charge is 0.443 e. The Morgan fingerprint density at radius 3 is 2.48 bits per heavy atom. The number of aliphatic carboxylic acids is 1. The Bertz CT molecular complexity index is 514. The summed E-state index contributed by atoms with van der Waals surface area (Å²) < 4.78 is 37.4. The summed E-state index contributed by atoms with van der Waals surface area (Å²) in [6, 6.07) is 0. The number of carboxylic acids is 1. The number of alkyl halides is 3. The molecule has 118 valence electrons. The molecular formula is C12H15F3N2O3S. The van der Waals surface area contributed by atoms with E-state index in [0.29, 0.717) is 11.3 Å². The third kappa shape index (κ3) is 5.33. The maximum atomic E-state index is 12.5. The number of hydrogen-bond donors (Lipinski definition) is 1. The average molecular weight is 324 g/mol. The molecule has 0 spiro atoms. The molecule has 0 fully saturated rings. The lowest BCUT2D eigenvalue weighted by atomic mass is 10.2. The van der Waals surface area contributed by atoms with Crippen molar-refractivity contribution in [3.05, 3.63) is 16.1 Å². The second-order valence-electron chi connectivity index (χ2n) is 4.82. The highest BCUT2D eigenvalue weighted by atomic mass is 32.1. The SMILES string of the molecule is CC(C)CN(CCC(=O)O)C(=O)c1csc(C(F)(F)F)n1. The molecule has 1 heterocycles. The fourth-order valence-corrected chi connectivity index (χ4v) is 2.27. The minimum Gasteiger partial charge on any atom is -0.481 e. The highest BCUT2D eigenvalue weighted by Crippen LogP contribution is 2.31. The van der Waals surface area contributed by atoms with Crippen LogP contribution in [0.3, 0.4) is 0 Å². The molecule has 0 aliphatic heterocycles. The largest absolute Gasteiger partial charge is 0.481 e. The molecule has 1 aromatic heterocycles. The summed E-state index contributed by atoms with van der Waals surface area (Å²) in [6.45, 7) is 3.84. The Morgan fingerprint density at radius 1 is 1.43 bits per heavy atom. The maximum absolute atomic E-state index is 12.5. The van der Waals surface area contributed by atoms with Gasteiger partial charge in [-0.2, -0.15) is 13.2 Å². The quantitative estimate of drug-likeness (QED) is 0.873. The lowest BCUT2D eigenvalue weighted by Gasteiger charge is -2.23. The van der Waals surface area contributed by atoms with Gasteiger partial charge in [0.1, 0.15) is 5.69 Å². The monoisotopic (exact) mass is 324 g/mol. The number of amides is 1. The van der Waals surface area contributed by atoms with Crippen molar-refractivity contribution in [2.24, 2.45) is 5.92 Å². The van der Waals surface area contributed by atoms with E-state index >= 15 is 0 Å². The lowest BCUT2D eigenvalue weighted by molar-refractivity contribution is -0.138. The number of carbonyl (C=O) groups is 2. The van der Waals surface area contributed by atoms with Crippen LogP contribution in [0.4, 0.5) is 13.2 Å². The Balaban J connectivity index is 2.88. The summed E-state index contributed by atoms with van der Waals surface area (Å²) in [7, 11) is 0. The molecule has 1 aromatic rings. The summed E-state index contributed by atoms with van der Waals surface area (Å²) in [6.07, 6.45) is -4.86. The standard InChI is InChI=1S/C12H15F3N2O3S/c1-7(2)5-17(4-3-9(18)19)10(20)8-6-21-11(16-8)12(13,14)15/h6-7H,3-5H2,1-2H3,(H,18,19). The molecule has 0 bridgehead atoms. The number of nitrogens with zero attached hydrogens (tertiary/aromatic N) is 2. The van der Waals surface area contributed by atoms with Gasteiger partial charge < -0.3 is 10.0 Å². The minimum atomic E-state index is -4.59. The Labute approximate surface area is 123 Å². The first kappa shape index (κ1) is 17.4. The van der Waals surface area contributed by atoms with Gasteiger partial charge in [-0.15, -0.1) is 11.3 Å². The predicted molar refractivity (Wildman–Crippen MR) is 70.1 cm³/mol. The van der Waals surface area contributed by atoms with Gasteiger partial charge in [-0.05, 0) is 5.92 Å². The lowest BCUT2D eigenvalue weighted by Crippen LogP contribution is -2.36. The van der Waals surface area contributed by atoms with Gasteiger partial charge in [0.15, 0.2) is 5.01 Å². The molecule has 0 aromatic carbocycles. The van der Waals surface area contributed by atoms with Crippen LogP contribution < -0.4 is 0 Å². The van der Waals surface area contributed by atoms with E-state index in [2.05, 4.69) is 4.98 Å². The molecular weight excluding hydrogens is 309 g/mol. The van der Waals surface area contributed by atoms with E-state index in [0.717, 1.165) is 5.38 Å². The van der Waals surface area contributed by atoms with Gasteiger partial charge >= 0.3 is 12.1 Å². The zero-order chi connectivity index (χ0) is 16.2. The van der Waals surface area contributed by atoms with Crippen LogP contribution in [0.15, 0.2) is 5.38 Å². The van der Waals surface area contributed by atoms with Crippen molar-refractivity contribution in [2.45, 2.75) is 26.4 Å². The molecule has 0 radical (unpaired) electrons. The molecule has 0 saturated carbocycles. The van der Waals surface area contributed by atoms with Crippen LogP contribution in [0, 0.1) is 5.92 Å². The normalized spacial score (nSPS) is 11.7. The second kappa shape index (κ2) is 6.88. The molecule has 1 amide bonds. The van der Waals surface area contributed by atoms with E-state index in [9.17, 15) is 22.8 Å². The van der Waals surface area contributed by atoms with Gasteiger partial charge in [-0.3, -0.25) is 9.59 Å². The van der Waals surface area contributed by atoms with Gasteiger partial charge in [0.25, 0.3) is 5.91 Å². The molecule has 0 saturated heterocycles. The number of carboxylic acid groups (broad SMARTS) is 1. The molecule has 0 aliphatic carbocycles.